The van der Waals surface area contributed by atoms with Crippen molar-refractivity contribution in [2.45, 2.75) is 39.2 Å². The summed E-state index contributed by atoms with van der Waals surface area (Å²) in [5.74, 6) is 1.53. The summed E-state index contributed by atoms with van der Waals surface area (Å²) in [7, 11) is 0. The van der Waals surface area contributed by atoms with Crippen LogP contribution in [0.3, 0.4) is 0 Å². The van der Waals surface area contributed by atoms with E-state index >= 15 is 0 Å². The molecule has 1 aliphatic rings. The van der Waals surface area contributed by atoms with E-state index in [9.17, 15) is 9.90 Å². The first-order valence-electron chi connectivity index (χ1n) is 11.5. The van der Waals surface area contributed by atoms with Crippen molar-refractivity contribution in [3.63, 3.8) is 0 Å². The zero-order valence-electron chi connectivity index (χ0n) is 19.5. The molecule has 0 radical (unpaired) electrons. The van der Waals surface area contributed by atoms with Crippen molar-refractivity contribution in [1.82, 2.24) is 20.1 Å². The van der Waals surface area contributed by atoms with Gasteiger partial charge in [0.15, 0.2) is 0 Å². The Morgan fingerprint density at radius 1 is 1.09 bits per heavy atom. The van der Waals surface area contributed by atoms with E-state index in [1.54, 1.807) is 11.1 Å². The lowest BCUT2D eigenvalue weighted by Crippen LogP contribution is -2.44. The summed E-state index contributed by atoms with van der Waals surface area (Å²) in [5.41, 5.74) is 3.29. The number of aromatic amines is 1. The van der Waals surface area contributed by atoms with Crippen LogP contribution >= 0.6 is 0 Å². The lowest BCUT2D eigenvalue weighted by atomic mass is 9.78. The molecule has 7 nitrogen and oxygen atoms in total. The summed E-state index contributed by atoms with van der Waals surface area (Å²) in [5, 5.41) is 18.1. The Labute approximate surface area is 198 Å². The molecule has 1 saturated heterocycles. The highest BCUT2D eigenvalue weighted by molar-refractivity contribution is 5.91. The van der Waals surface area contributed by atoms with Gasteiger partial charge in [0.2, 0.25) is 0 Å². The molecule has 0 spiro atoms. The number of amides is 1. The van der Waals surface area contributed by atoms with Gasteiger partial charge in [0.25, 0.3) is 0 Å². The number of hydrogen-bond donors (Lipinski definition) is 2. The number of nitrogens with one attached hydrogen (secondary N) is 1. The third-order valence-electron chi connectivity index (χ3n) is 6.47. The molecule has 0 aliphatic carbocycles. The molecule has 1 fully saturated rings. The molecule has 0 saturated carbocycles. The number of hydrogen-bond acceptors (Lipinski definition) is 4. The summed E-state index contributed by atoms with van der Waals surface area (Å²) >= 11 is 0. The molecule has 3 heterocycles. The monoisotopic (exact) mass is 456 g/mol. The van der Waals surface area contributed by atoms with Gasteiger partial charge in [0.1, 0.15) is 11.5 Å². The summed E-state index contributed by atoms with van der Waals surface area (Å²) in [4.78, 5) is 18.6. The number of benzene rings is 2. The lowest BCUT2D eigenvalue weighted by Gasteiger charge is -2.37. The molecule has 2 atom stereocenters. The number of pyridine rings is 1. The number of fused-ring (bicyclic) bond motifs is 1. The normalized spacial score (nSPS) is 18.4. The zero-order valence-corrected chi connectivity index (χ0v) is 19.5. The average Bonchev–Trinajstić information content (AvgIpc) is 3.47. The van der Waals surface area contributed by atoms with E-state index in [-0.39, 0.29) is 17.4 Å². The number of likely N-dealkylation sites (tertiary alicyclic amines) is 1. The lowest BCUT2D eigenvalue weighted by molar-refractivity contribution is 0.101. The van der Waals surface area contributed by atoms with Gasteiger partial charge >= 0.3 is 6.09 Å². The van der Waals surface area contributed by atoms with Crippen molar-refractivity contribution in [3.05, 3.63) is 72.6 Å². The Kier molecular flexibility index (Phi) is 5.48. The van der Waals surface area contributed by atoms with E-state index in [0.717, 1.165) is 45.8 Å². The molecular formula is C27H28N4O3. The molecule has 2 N–H and O–H groups in total. The molecule has 1 aliphatic heterocycles. The molecule has 1 amide bonds. The molecule has 2 unspecified atom stereocenters. The highest BCUT2D eigenvalue weighted by Crippen LogP contribution is 2.43. The van der Waals surface area contributed by atoms with E-state index in [4.69, 9.17) is 9.72 Å². The Morgan fingerprint density at radius 2 is 1.79 bits per heavy atom. The highest BCUT2D eigenvalue weighted by Gasteiger charge is 2.45. The van der Waals surface area contributed by atoms with Gasteiger partial charge < -0.3 is 14.7 Å². The number of carboxylic acid groups (broad SMARTS) is 1. The Balaban J connectivity index is 1.52. The highest BCUT2D eigenvalue weighted by atomic mass is 16.5. The number of ether oxygens (including phenoxy) is 1. The number of rotatable bonds is 4. The van der Waals surface area contributed by atoms with Gasteiger partial charge in [-0.25, -0.2) is 4.79 Å². The van der Waals surface area contributed by atoms with Crippen LogP contribution in [0.2, 0.25) is 0 Å². The first-order chi connectivity index (χ1) is 16.3. The fourth-order valence-electron chi connectivity index (χ4n) is 5.06. The summed E-state index contributed by atoms with van der Waals surface area (Å²) in [6.07, 6.45) is 1.67. The quantitative estimate of drug-likeness (QED) is 0.376. The van der Waals surface area contributed by atoms with Crippen molar-refractivity contribution in [1.29, 1.82) is 0 Å². The standard InChI is InChI=1S/C27H28N4O3/c1-27(2,3)25-21(13-14-31(25)26(32)33)22-15-18-16-28-30-24(18)23(29-22)17-9-11-20(12-10-17)34-19-7-5-4-6-8-19/h4-12,15-16,21,25H,13-14H2,1-3H3,(H,28,30)(H,32,33). The number of aromatic nitrogens is 3. The maximum Gasteiger partial charge on any atom is 0.407 e. The molecule has 0 bridgehead atoms. The molecule has 2 aromatic carbocycles. The van der Waals surface area contributed by atoms with Crippen LogP contribution in [-0.2, 0) is 0 Å². The third kappa shape index (κ3) is 4.09. The Hall–Kier alpha value is -3.87. The third-order valence-corrected chi connectivity index (χ3v) is 6.47. The molecule has 34 heavy (non-hydrogen) atoms. The van der Waals surface area contributed by atoms with Crippen LogP contribution in [0, 0.1) is 5.41 Å². The molecule has 174 valence electrons. The van der Waals surface area contributed by atoms with E-state index in [1.165, 1.54) is 0 Å². The van der Waals surface area contributed by atoms with Gasteiger partial charge in [0, 0.05) is 35.1 Å². The van der Waals surface area contributed by atoms with E-state index in [2.05, 4.69) is 31.0 Å². The number of nitrogens with zero attached hydrogens (tertiary/aromatic N) is 3. The van der Waals surface area contributed by atoms with Crippen molar-refractivity contribution < 1.29 is 14.6 Å². The fourth-order valence-corrected chi connectivity index (χ4v) is 5.06. The molecule has 4 aromatic rings. The van der Waals surface area contributed by atoms with Crippen LogP contribution in [-0.4, -0.2) is 43.9 Å². The van der Waals surface area contributed by atoms with E-state index in [1.807, 2.05) is 60.7 Å². The predicted molar refractivity (Wildman–Crippen MR) is 131 cm³/mol. The van der Waals surface area contributed by atoms with Crippen LogP contribution in [0.4, 0.5) is 4.79 Å². The van der Waals surface area contributed by atoms with Crippen molar-refractivity contribution >= 4 is 17.0 Å². The Bertz CT molecular complexity index is 1310. The fraction of sp³-hybridized carbons (Fsp3) is 0.296. The van der Waals surface area contributed by atoms with Gasteiger partial charge in [-0.2, -0.15) is 5.10 Å². The topological polar surface area (TPSA) is 91.3 Å². The maximum absolute atomic E-state index is 11.9. The minimum absolute atomic E-state index is 0.00911. The van der Waals surface area contributed by atoms with Gasteiger partial charge in [-0.15, -0.1) is 0 Å². The minimum atomic E-state index is -0.874. The minimum Gasteiger partial charge on any atom is -0.465 e. The molecule has 2 aromatic heterocycles. The molecule has 7 heteroatoms. The second-order valence-corrected chi connectivity index (χ2v) is 9.85. The molecular weight excluding hydrogens is 428 g/mol. The van der Waals surface area contributed by atoms with Gasteiger partial charge in [-0.3, -0.25) is 10.1 Å². The average molecular weight is 457 g/mol. The second-order valence-electron chi connectivity index (χ2n) is 9.85. The van der Waals surface area contributed by atoms with Crippen LogP contribution in [0.5, 0.6) is 11.5 Å². The first-order valence-corrected chi connectivity index (χ1v) is 11.5. The predicted octanol–water partition coefficient (Wildman–Crippen LogP) is 6.30. The summed E-state index contributed by atoms with van der Waals surface area (Å²) in [6.45, 7) is 6.78. The molecule has 5 rings (SSSR count). The van der Waals surface area contributed by atoms with Crippen molar-refractivity contribution in [3.8, 4) is 22.8 Å². The van der Waals surface area contributed by atoms with Crippen LogP contribution < -0.4 is 4.74 Å². The van der Waals surface area contributed by atoms with E-state index < -0.39 is 6.09 Å². The van der Waals surface area contributed by atoms with Crippen LogP contribution in [0.1, 0.15) is 38.8 Å². The van der Waals surface area contributed by atoms with Gasteiger partial charge in [-0.05, 0) is 54.3 Å². The number of carbonyl (C=O) groups is 1. The first kappa shape index (κ1) is 21.9. The van der Waals surface area contributed by atoms with Crippen molar-refractivity contribution in [2.75, 3.05) is 6.54 Å². The second kappa shape index (κ2) is 8.48. The largest absolute Gasteiger partial charge is 0.465 e. The smallest absolute Gasteiger partial charge is 0.407 e. The zero-order chi connectivity index (χ0) is 23.9. The SMILES string of the molecule is CC(C)(C)C1C(c2cc3cn[nH]c3c(-c3ccc(Oc4ccccc4)cc3)n2)CCN1C(=O)O. The maximum atomic E-state index is 11.9. The van der Waals surface area contributed by atoms with Crippen LogP contribution in [0.25, 0.3) is 22.2 Å². The van der Waals surface area contributed by atoms with Gasteiger partial charge in [-0.1, -0.05) is 39.0 Å². The van der Waals surface area contributed by atoms with Crippen LogP contribution in [0.15, 0.2) is 66.9 Å². The summed E-state index contributed by atoms with van der Waals surface area (Å²) in [6, 6.07) is 19.4. The summed E-state index contributed by atoms with van der Waals surface area (Å²) < 4.78 is 5.93. The van der Waals surface area contributed by atoms with Gasteiger partial charge in [0.05, 0.1) is 17.4 Å². The number of para-hydroxylation sites is 1. The Morgan fingerprint density at radius 3 is 2.47 bits per heavy atom. The van der Waals surface area contributed by atoms with Crippen molar-refractivity contribution in [2.24, 2.45) is 5.41 Å². The number of H-pyrrole nitrogens is 1. The van der Waals surface area contributed by atoms with E-state index in [0.29, 0.717) is 6.54 Å².